The second-order valence-electron chi connectivity index (χ2n) is 7.49. The average molecular weight is 426 g/mol. The highest BCUT2D eigenvalue weighted by Crippen LogP contribution is 2.26. The maximum absolute atomic E-state index is 12.8. The van der Waals surface area contributed by atoms with Crippen LogP contribution in [0.15, 0.2) is 53.6 Å². The van der Waals surface area contributed by atoms with Crippen LogP contribution in [0.25, 0.3) is 11.0 Å². The van der Waals surface area contributed by atoms with E-state index >= 15 is 0 Å². The standard InChI is InChI=1S/C23H24ClN3OS/c1-16-6-4-5-13-27(16)22(28)15-29-23-21(14-17-9-11-18(24)12-10-17)25-19-7-2-3-8-20(19)26-23/h2-3,7-12,16H,4-6,13-15H2,1H3/t16-/m0/s1. The van der Waals surface area contributed by atoms with Gasteiger partial charge in [0, 0.05) is 24.0 Å². The number of carbonyl (C=O) groups excluding carboxylic acids is 1. The second kappa shape index (κ2) is 9.14. The molecule has 1 saturated heterocycles. The molecule has 1 aliphatic rings. The van der Waals surface area contributed by atoms with Gasteiger partial charge < -0.3 is 4.90 Å². The van der Waals surface area contributed by atoms with E-state index in [4.69, 9.17) is 21.6 Å². The molecule has 1 amide bonds. The number of carbonyl (C=O) groups is 1. The Kier molecular flexibility index (Phi) is 6.36. The van der Waals surface area contributed by atoms with Crippen LogP contribution in [0.2, 0.25) is 5.02 Å². The van der Waals surface area contributed by atoms with Gasteiger partial charge in [0.15, 0.2) is 0 Å². The zero-order valence-corrected chi connectivity index (χ0v) is 18.0. The predicted molar refractivity (Wildman–Crippen MR) is 120 cm³/mol. The van der Waals surface area contributed by atoms with Crippen LogP contribution < -0.4 is 0 Å². The van der Waals surface area contributed by atoms with Gasteiger partial charge in [-0.15, -0.1) is 0 Å². The number of nitrogens with zero attached hydrogens (tertiary/aromatic N) is 3. The number of para-hydroxylation sites is 2. The molecule has 0 aliphatic carbocycles. The number of aromatic nitrogens is 2. The summed E-state index contributed by atoms with van der Waals surface area (Å²) in [6.07, 6.45) is 4.05. The van der Waals surface area contributed by atoms with E-state index in [0.29, 0.717) is 23.2 Å². The highest BCUT2D eigenvalue weighted by Gasteiger charge is 2.23. The minimum atomic E-state index is 0.189. The van der Waals surface area contributed by atoms with Gasteiger partial charge in [-0.25, -0.2) is 9.97 Å². The molecule has 4 nitrogen and oxygen atoms in total. The number of likely N-dealkylation sites (tertiary alicyclic amines) is 1. The van der Waals surface area contributed by atoms with Crippen LogP contribution in [0, 0.1) is 0 Å². The van der Waals surface area contributed by atoms with Crippen molar-refractivity contribution in [1.29, 1.82) is 0 Å². The van der Waals surface area contributed by atoms with Crippen molar-refractivity contribution in [2.24, 2.45) is 0 Å². The fraction of sp³-hybridized carbons (Fsp3) is 0.348. The molecular weight excluding hydrogens is 402 g/mol. The Balaban J connectivity index is 1.57. The molecule has 1 fully saturated rings. The molecule has 2 heterocycles. The molecule has 29 heavy (non-hydrogen) atoms. The summed E-state index contributed by atoms with van der Waals surface area (Å²) in [5.41, 5.74) is 3.75. The normalized spacial score (nSPS) is 16.9. The lowest BCUT2D eigenvalue weighted by Gasteiger charge is -2.33. The Hall–Kier alpha value is -2.11. The third-order valence-electron chi connectivity index (χ3n) is 5.35. The van der Waals surface area contributed by atoms with Crippen molar-refractivity contribution in [1.82, 2.24) is 14.9 Å². The molecule has 3 aromatic rings. The Bertz CT molecular complexity index is 1010. The number of benzene rings is 2. The van der Waals surface area contributed by atoms with Crippen LogP contribution in [0.4, 0.5) is 0 Å². The fourth-order valence-corrected chi connectivity index (χ4v) is 4.73. The first-order valence-corrected chi connectivity index (χ1v) is 11.4. The van der Waals surface area contributed by atoms with E-state index in [1.165, 1.54) is 18.2 Å². The first-order chi connectivity index (χ1) is 14.1. The third-order valence-corrected chi connectivity index (χ3v) is 6.59. The van der Waals surface area contributed by atoms with E-state index in [1.54, 1.807) is 0 Å². The van der Waals surface area contributed by atoms with Gasteiger partial charge in [0.25, 0.3) is 0 Å². The van der Waals surface area contributed by atoms with Crippen LogP contribution in [0.3, 0.4) is 0 Å². The maximum Gasteiger partial charge on any atom is 0.233 e. The molecule has 150 valence electrons. The van der Waals surface area contributed by atoms with Crippen molar-refractivity contribution in [3.8, 4) is 0 Å². The zero-order valence-electron chi connectivity index (χ0n) is 16.5. The maximum atomic E-state index is 12.8. The molecular formula is C23H24ClN3OS. The second-order valence-corrected chi connectivity index (χ2v) is 8.89. The van der Waals surface area contributed by atoms with E-state index in [0.717, 1.165) is 46.7 Å². The fourth-order valence-electron chi connectivity index (χ4n) is 3.73. The van der Waals surface area contributed by atoms with Crippen molar-refractivity contribution in [2.75, 3.05) is 12.3 Å². The zero-order chi connectivity index (χ0) is 20.2. The largest absolute Gasteiger partial charge is 0.339 e. The molecule has 1 aliphatic heterocycles. The van der Waals surface area contributed by atoms with Gasteiger partial charge in [-0.2, -0.15) is 0 Å². The van der Waals surface area contributed by atoms with Crippen molar-refractivity contribution < 1.29 is 4.79 Å². The lowest BCUT2D eigenvalue weighted by Crippen LogP contribution is -2.42. The first kappa shape index (κ1) is 20.2. The SMILES string of the molecule is C[C@H]1CCCCN1C(=O)CSc1nc2ccccc2nc1Cc1ccc(Cl)cc1. The van der Waals surface area contributed by atoms with Gasteiger partial charge >= 0.3 is 0 Å². The minimum Gasteiger partial charge on any atom is -0.339 e. The van der Waals surface area contributed by atoms with Gasteiger partial charge in [0.2, 0.25) is 5.91 Å². The highest BCUT2D eigenvalue weighted by atomic mass is 35.5. The van der Waals surface area contributed by atoms with Crippen molar-refractivity contribution in [3.05, 3.63) is 64.8 Å². The Morgan fingerprint density at radius 3 is 2.55 bits per heavy atom. The van der Waals surface area contributed by atoms with E-state index < -0.39 is 0 Å². The van der Waals surface area contributed by atoms with Gasteiger partial charge in [-0.3, -0.25) is 4.79 Å². The average Bonchev–Trinajstić information content (AvgIpc) is 2.74. The van der Waals surface area contributed by atoms with Crippen molar-refractivity contribution in [3.63, 3.8) is 0 Å². The smallest absolute Gasteiger partial charge is 0.233 e. The number of hydrogen-bond donors (Lipinski definition) is 0. The topological polar surface area (TPSA) is 46.1 Å². The van der Waals surface area contributed by atoms with Crippen LogP contribution in [-0.4, -0.2) is 39.1 Å². The van der Waals surface area contributed by atoms with Crippen molar-refractivity contribution in [2.45, 2.75) is 43.7 Å². The molecule has 0 bridgehead atoms. The molecule has 0 N–H and O–H groups in total. The predicted octanol–water partition coefficient (Wildman–Crippen LogP) is 5.37. The number of halogens is 1. The summed E-state index contributed by atoms with van der Waals surface area (Å²) in [6, 6.07) is 16.0. The number of hydrogen-bond acceptors (Lipinski definition) is 4. The lowest BCUT2D eigenvalue weighted by molar-refractivity contribution is -0.131. The molecule has 0 saturated carbocycles. The number of amides is 1. The molecule has 0 unspecified atom stereocenters. The molecule has 0 spiro atoms. The molecule has 6 heteroatoms. The van der Waals surface area contributed by atoms with E-state index in [-0.39, 0.29) is 5.91 Å². The summed E-state index contributed by atoms with van der Waals surface area (Å²) < 4.78 is 0. The van der Waals surface area contributed by atoms with Crippen LogP contribution in [-0.2, 0) is 11.2 Å². The van der Waals surface area contributed by atoms with Crippen LogP contribution in [0.5, 0.6) is 0 Å². The van der Waals surface area contributed by atoms with Gasteiger partial charge in [-0.05, 0) is 56.0 Å². The van der Waals surface area contributed by atoms with Crippen LogP contribution >= 0.6 is 23.4 Å². The highest BCUT2D eigenvalue weighted by molar-refractivity contribution is 7.99. The molecule has 1 aromatic heterocycles. The molecule has 2 aromatic carbocycles. The van der Waals surface area contributed by atoms with Gasteiger partial charge in [0.1, 0.15) is 5.03 Å². The molecule has 1 atom stereocenters. The summed E-state index contributed by atoms with van der Waals surface area (Å²) in [5, 5.41) is 1.55. The van der Waals surface area contributed by atoms with E-state index in [2.05, 4.69) is 6.92 Å². The summed E-state index contributed by atoms with van der Waals surface area (Å²) in [7, 11) is 0. The molecule has 0 radical (unpaired) electrons. The van der Waals surface area contributed by atoms with E-state index in [9.17, 15) is 4.79 Å². The molecule has 4 rings (SSSR count). The minimum absolute atomic E-state index is 0.189. The summed E-state index contributed by atoms with van der Waals surface area (Å²) in [5.74, 6) is 0.583. The number of piperidine rings is 1. The summed E-state index contributed by atoms with van der Waals surface area (Å²) in [4.78, 5) is 24.5. The lowest BCUT2D eigenvalue weighted by atomic mass is 10.0. The first-order valence-electron chi connectivity index (χ1n) is 10.0. The Morgan fingerprint density at radius 2 is 1.83 bits per heavy atom. The Labute approximate surface area is 180 Å². The number of rotatable bonds is 5. The monoisotopic (exact) mass is 425 g/mol. The summed E-state index contributed by atoms with van der Waals surface area (Å²) >= 11 is 7.52. The number of fused-ring (bicyclic) bond motifs is 1. The van der Waals surface area contributed by atoms with E-state index in [1.807, 2.05) is 53.4 Å². The third kappa shape index (κ3) is 4.90. The van der Waals surface area contributed by atoms with Crippen molar-refractivity contribution >= 4 is 40.3 Å². The quantitative estimate of drug-likeness (QED) is 0.516. The Morgan fingerprint density at radius 1 is 1.10 bits per heavy atom. The van der Waals surface area contributed by atoms with Gasteiger partial charge in [0.05, 0.1) is 22.5 Å². The van der Waals surface area contributed by atoms with Crippen LogP contribution in [0.1, 0.15) is 37.4 Å². The summed E-state index contributed by atoms with van der Waals surface area (Å²) in [6.45, 7) is 3.01. The number of thioether (sulfide) groups is 1. The van der Waals surface area contributed by atoms with Gasteiger partial charge in [-0.1, -0.05) is 47.6 Å².